The molecule has 2 N–H and O–H groups in total. The average molecular weight is 267 g/mol. The third-order valence-electron chi connectivity index (χ3n) is 2.29. The Balaban J connectivity index is 2.33. The summed E-state index contributed by atoms with van der Waals surface area (Å²) in [5, 5.41) is 6.24. The van der Waals surface area contributed by atoms with Crippen LogP contribution in [0.2, 0.25) is 5.02 Å². The normalized spacial score (nSPS) is 10.2. The molecular weight excluding hydrogens is 255 g/mol. The fourth-order valence-corrected chi connectivity index (χ4v) is 1.66. The first kappa shape index (κ1) is 12.6. The quantitative estimate of drug-likeness (QED) is 0.894. The summed E-state index contributed by atoms with van der Waals surface area (Å²) in [6.07, 6.45) is 0. The zero-order chi connectivity index (χ0) is 13.1. The highest BCUT2D eigenvalue weighted by molar-refractivity contribution is 6.30. The Morgan fingerprint density at radius 3 is 2.61 bits per heavy atom. The molecule has 6 heteroatoms. The van der Waals surface area contributed by atoms with Gasteiger partial charge < -0.3 is 10.6 Å². The molecule has 0 aliphatic carbocycles. The first-order valence-corrected chi connectivity index (χ1v) is 5.72. The molecule has 1 aromatic carbocycles. The van der Waals surface area contributed by atoms with Gasteiger partial charge in [-0.2, -0.15) is 0 Å². The van der Waals surface area contributed by atoms with E-state index in [1.165, 1.54) is 18.2 Å². The van der Waals surface area contributed by atoms with E-state index >= 15 is 0 Å². The van der Waals surface area contributed by atoms with Crippen molar-refractivity contribution in [3.8, 4) is 0 Å². The van der Waals surface area contributed by atoms with Gasteiger partial charge in [-0.05, 0) is 25.1 Å². The number of hydrogen-bond donors (Lipinski definition) is 2. The van der Waals surface area contributed by atoms with E-state index in [9.17, 15) is 4.39 Å². The van der Waals surface area contributed by atoms with Crippen molar-refractivity contribution in [2.24, 2.45) is 0 Å². The standard InChI is InChI=1S/C12H12ClFN4/c1-7-16-11(15-2)6-12(17-7)18-10-5-8(13)3-4-9(10)14/h3-6H,1-2H3,(H2,15,16,17,18). The van der Waals surface area contributed by atoms with Crippen LogP contribution in [0.1, 0.15) is 5.82 Å². The predicted molar refractivity (Wildman–Crippen MR) is 71.0 cm³/mol. The molecule has 2 rings (SSSR count). The molecule has 0 saturated carbocycles. The minimum Gasteiger partial charge on any atom is -0.373 e. The molecule has 2 aromatic rings. The first-order chi connectivity index (χ1) is 8.58. The largest absolute Gasteiger partial charge is 0.373 e. The lowest BCUT2D eigenvalue weighted by atomic mass is 10.3. The van der Waals surface area contributed by atoms with Crippen LogP contribution in [0.4, 0.5) is 21.7 Å². The van der Waals surface area contributed by atoms with Gasteiger partial charge in [0.05, 0.1) is 5.69 Å². The maximum absolute atomic E-state index is 13.6. The molecule has 0 amide bonds. The van der Waals surface area contributed by atoms with Gasteiger partial charge in [-0.15, -0.1) is 0 Å². The van der Waals surface area contributed by atoms with Gasteiger partial charge in [0, 0.05) is 18.1 Å². The molecule has 18 heavy (non-hydrogen) atoms. The number of hydrogen-bond acceptors (Lipinski definition) is 4. The van der Waals surface area contributed by atoms with E-state index in [-0.39, 0.29) is 11.5 Å². The van der Waals surface area contributed by atoms with Crippen molar-refractivity contribution >= 4 is 28.9 Å². The Morgan fingerprint density at radius 1 is 1.17 bits per heavy atom. The van der Waals surface area contributed by atoms with Gasteiger partial charge in [0.25, 0.3) is 0 Å². The van der Waals surface area contributed by atoms with Crippen LogP contribution in [0.25, 0.3) is 0 Å². The monoisotopic (exact) mass is 266 g/mol. The van der Waals surface area contributed by atoms with Gasteiger partial charge >= 0.3 is 0 Å². The Bertz CT molecular complexity index is 574. The summed E-state index contributed by atoms with van der Waals surface area (Å²) >= 11 is 5.82. The average Bonchev–Trinajstić information content (AvgIpc) is 2.33. The van der Waals surface area contributed by atoms with Crippen LogP contribution in [-0.2, 0) is 0 Å². The van der Waals surface area contributed by atoms with E-state index < -0.39 is 0 Å². The maximum Gasteiger partial charge on any atom is 0.146 e. The van der Waals surface area contributed by atoms with Crippen molar-refractivity contribution in [3.63, 3.8) is 0 Å². The lowest BCUT2D eigenvalue weighted by molar-refractivity contribution is 0.632. The van der Waals surface area contributed by atoms with Gasteiger partial charge in [0.1, 0.15) is 23.3 Å². The number of anilines is 3. The third kappa shape index (κ3) is 2.87. The van der Waals surface area contributed by atoms with E-state index in [0.29, 0.717) is 22.5 Å². The molecule has 0 spiro atoms. The van der Waals surface area contributed by atoms with Crippen LogP contribution >= 0.6 is 11.6 Å². The molecule has 0 aliphatic heterocycles. The van der Waals surface area contributed by atoms with Gasteiger partial charge in [-0.3, -0.25) is 0 Å². The molecule has 0 unspecified atom stereocenters. The van der Waals surface area contributed by atoms with Crippen molar-refractivity contribution in [1.82, 2.24) is 9.97 Å². The fraction of sp³-hybridized carbons (Fsp3) is 0.167. The minimum atomic E-state index is -0.387. The zero-order valence-corrected chi connectivity index (χ0v) is 10.7. The number of rotatable bonds is 3. The molecule has 0 fully saturated rings. The SMILES string of the molecule is CNc1cc(Nc2cc(Cl)ccc2F)nc(C)n1. The summed E-state index contributed by atoms with van der Waals surface area (Å²) < 4.78 is 13.6. The van der Waals surface area contributed by atoms with Crippen LogP contribution in [0.5, 0.6) is 0 Å². The molecule has 0 bridgehead atoms. The Kier molecular flexibility index (Phi) is 3.62. The van der Waals surface area contributed by atoms with Gasteiger partial charge in [-0.25, -0.2) is 14.4 Å². The summed E-state index contributed by atoms with van der Waals surface area (Å²) in [5.74, 6) is 1.37. The topological polar surface area (TPSA) is 49.8 Å². The van der Waals surface area contributed by atoms with Gasteiger partial charge in [-0.1, -0.05) is 11.6 Å². The molecule has 1 heterocycles. The summed E-state index contributed by atoms with van der Waals surface area (Å²) in [5.41, 5.74) is 0.280. The Labute approximate surface area is 109 Å². The van der Waals surface area contributed by atoms with Crippen molar-refractivity contribution in [1.29, 1.82) is 0 Å². The summed E-state index contributed by atoms with van der Waals surface area (Å²) in [4.78, 5) is 8.33. The second-order valence-electron chi connectivity index (χ2n) is 3.68. The molecule has 0 aliphatic rings. The zero-order valence-electron chi connectivity index (χ0n) is 9.96. The smallest absolute Gasteiger partial charge is 0.146 e. The highest BCUT2D eigenvalue weighted by Gasteiger charge is 2.06. The van der Waals surface area contributed by atoms with Crippen molar-refractivity contribution < 1.29 is 4.39 Å². The Hall–Kier alpha value is -1.88. The molecule has 94 valence electrons. The van der Waals surface area contributed by atoms with Crippen molar-refractivity contribution in [2.45, 2.75) is 6.92 Å². The number of nitrogens with one attached hydrogen (secondary N) is 2. The number of aryl methyl sites for hydroxylation is 1. The maximum atomic E-state index is 13.6. The second-order valence-corrected chi connectivity index (χ2v) is 4.12. The lowest BCUT2D eigenvalue weighted by Gasteiger charge is -2.09. The summed E-state index contributed by atoms with van der Waals surface area (Å²) in [7, 11) is 1.76. The minimum absolute atomic E-state index is 0.280. The van der Waals surface area contributed by atoms with E-state index in [2.05, 4.69) is 20.6 Å². The van der Waals surface area contributed by atoms with Crippen LogP contribution < -0.4 is 10.6 Å². The van der Waals surface area contributed by atoms with E-state index in [1.54, 1.807) is 20.0 Å². The molecule has 4 nitrogen and oxygen atoms in total. The van der Waals surface area contributed by atoms with Crippen LogP contribution in [0.15, 0.2) is 24.3 Å². The van der Waals surface area contributed by atoms with Crippen molar-refractivity contribution in [2.75, 3.05) is 17.7 Å². The number of aromatic nitrogens is 2. The molecule has 0 saturated heterocycles. The summed E-state index contributed by atoms with van der Waals surface area (Å²) in [6.45, 7) is 1.76. The summed E-state index contributed by atoms with van der Waals surface area (Å²) in [6, 6.07) is 5.99. The van der Waals surface area contributed by atoms with E-state index in [0.717, 1.165) is 0 Å². The first-order valence-electron chi connectivity index (χ1n) is 5.34. The number of halogens is 2. The third-order valence-corrected chi connectivity index (χ3v) is 2.52. The molecule has 1 aromatic heterocycles. The highest BCUT2D eigenvalue weighted by atomic mass is 35.5. The predicted octanol–water partition coefficient (Wildman–Crippen LogP) is 3.36. The number of benzene rings is 1. The van der Waals surface area contributed by atoms with Gasteiger partial charge in [0.2, 0.25) is 0 Å². The highest BCUT2D eigenvalue weighted by Crippen LogP contribution is 2.23. The van der Waals surface area contributed by atoms with Crippen molar-refractivity contribution in [3.05, 3.63) is 40.9 Å². The Morgan fingerprint density at radius 2 is 1.89 bits per heavy atom. The molecule has 0 radical (unpaired) electrons. The molecule has 0 atom stereocenters. The van der Waals surface area contributed by atoms with Crippen LogP contribution in [0.3, 0.4) is 0 Å². The van der Waals surface area contributed by atoms with E-state index in [4.69, 9.17) is 11.6 Å². The lowest BCUT2D eigenvalue weighted by Crippen LogP contribution is -2.02. The number of nitrogens with zero attached hydrogens (tertiary/aromatic N) is 2. The fourth-order valence-electron chi connectivity index (χ4n) is 1.49. The van der Waals surface area contributed by atoms with E-state index in [1.807, 2.05) is 0 Å². The molecular formula is C12H12ClFN4. The van der Waals surface area contributed by atoms with Crippen LogP contribution in [-0.4, -0.2) is 17.0 Å². The van der Waals surface area contributed by atoms with Gasteiger partial charge in [0.15, 0.2) is 0 Å². The second kappa shape index (κ2) is 5.18. The van der Waals surface area contributed by atoms with Crippen LogP contribution in [0, 0.1) is 12.7 Å².